The van der Waals surface area contributed by atoms with E-state index in [-0.39, 0.29) is 16.5 Å². The van der Waals surface area contributed by atoms with Gasteiger partial charge < -0.3 is 5.11 Å². The molecule has 0 aliphatic rings. The second-order valence-corrected chi connectivity index (χ2v) is 6.29. The van der Waals surface area contributed by atoms with Gasteiger partial charge in [-0.3, -0.25) is 10.2 Å². The van der Waals surface area contributed by atoms with Gasteiger partial charge in [-0.2, -0.15) is 14.9 Å². The number of aromatic hydroxyl groups is 1. The molecule has 0 fully saturated rings. The molecule has 0 radical (unpaired) electrons. The fraction of sp³-hybridized carbons (Fsp3) is 0. The van der Waals surface area contributed by atoms with Crippen molar-refractivity contribution in [2.75, 3.05) is 5.43 Å². The lowest BCUT2D eigenvalue weighted by molar-refractivity contribution is 0.474. The minimum atomic E-state index is -0.460. The molecule has 3 rings (SSSR count). The van der Waals surface area contributed by atoms with Gasteiger partial charge in [0.05, 0.1) is 18.1 Å². The molecule has 1 heterocycles. The summed E-state index contributed by atoms with van der Waals surface area (Å²) in [4.78, 5) is 12.4. The fourth-order valence-electron chi connectivity index (χ4n) is 2.06. The lowest BCUT2D eigenvalue weighted by Gasteiger charge is -2.07. The minimum absolute atomic E-state index is 0.0329. The molecule has 0 saturated carbocycles. The van der Waals surface area contributed by atoms with E-state index >= 15 is 0 Å². The molecule has 0 aliphatic heterocycles. The van der Waals surface area contributed by atoms with Crippen molar-refractivity contribution in [2.24, 2.45) is 5.10 Å². The number of anilines is 1. The number of phenolic OH excluding ortho intramolecular Hbond substituents is 1. The highest BCUT2D eigenvalue weighted by molar-refractivity contribution is 9.10. The fourth-order valence-corrected chi connectivity index (χ4v) is 2.61. The van der Waals surface area contributed by atoms with Crippen molar-refractivity contribution in [3.8, 4) is 11.4 Å². The number of hydrogen-bond acceptors (Lipinski definition) is 5. The number of aromatic nitrogens is 2. The molecule has 2 aromatic carbocycles. The minimum Gasteiger partial charge on any atom is -0.507 e. The van der Waals surface area contributed by atoms with Gasteiger partial charge >= 0.3 is 0 Å². The highest BCUT2D eigenvalue weighted by Crippen LogP contribution is 2.21. The Morgan fingerprint density at radius 1 is 1.24 bits per heavy atom. The molecule has 0 spiro atoms. The molecule has 0 bridgehead atoms. The average molecular weight is 420 g/mol. The van der Waals surface area contributed by atoms with Gasteiger partial charge in [0.1, 0.15) is 16.5 Å². The van der Waals surface area contributed by atoms with Crippen LogP contribution in [-0.4, -0.2) is 21.1 Å². The third-order valence-corrected chi connectivity index (χ3v) is 4.16. The Labute approximate surface area is 156 Å². The van der Waals surface area contributed by atoms with Crippen molar-refractivity contribution in [1.29, 1.82) is 0 Å². The van der Waals surface area contributed by atoms with Crippen molar-refractivity contribution in [3.63, 3.8) is 0 Å². The monoisotopic (exact) mass is 418 g/mol. The summed E-state index contributed by atoms with van der Waals surface area (Å²) in [5.41, 5.74) is 3.59. The molecule has 0 unspecified atom stereocenters. The van der Waals surface area contributed by atoms with Gasteiger partial charge in [-0.05, 0) is 30.3 Å². The number of hydrazone groups is 1. The van der Waals surface area contributed by atoms with Gasteiger partial charge in [0.25, 0.3) is 5.56 Å². The third kappa shape index (κ3) is 3.89. The van der Waals surface area contributed by atoms with Gasteiger partial charge in [0.2, 0.25) is 0 Å². The molecule has 6 nitrogen and oxygen atoms in total. The maximum atomic E-state index is 12.4. The predicted octanol–water partition coefficient (Wildman–Crippen LogP) is 3.80. The van der Waals surface area contributed by atoms with Crippen LogP contribution in [0.25, 0.3) is 5.69 Å². The largest absolute Gasteiger partial charge is 0.507 e. The van der Waals surface area contributed by atoms with Gasteiger partial charge in [0, 0.05) is 10.0 Å². The van der Waals surface area contributed by atoms with Crippen LogP contribution < -0.4 is 11.0 Å². The van der Waals surface area contributed by atoms with E-state index in [0.717, 1.165) is 4.47 Å². The lowest BCUT2D eigenvalue weighted by atomic mass is 10.2. The Hall–Kier alpha value is -2.64. The zero-order valence-electron chi connectivity index (χ0n) is 12.7. The number of para-hydroxylation sites is 1. The first kappa shape index (κ1) is 17.2. The third-order valence-electron chi connectivity index (χ3n) is 3.30. The highest BCUT2D eigenvalue weighted by atomic mass is 79.9. The molecule has 3 aromatic rings. The van der Waals surface area contributed by atoms with E-state index < -0.39 is 5.56 Å². The highest BCUT2D eigenvalue weighted by Gasteiger charge is 2.10. The van der Waals surface area contributed by atoms with Gasteiger partial charge in [0.15, 0.2) is 0 Å². The normalized spacial score (nSPS) is 11.0. The Bertz CT molecular complexity index is 990. The van der Waals surface area contributed by atoms with Crippen molar-refractivity contribution >= 4 is 39.4 Å². The van der Waals surface area contributed by atoms with E-state index in [1.807, 2.05) is 6.07 Å². The van der Waals surface area contributed by atoms with E-state index in [4.69, 9.17) is 11.6 Å². The molecule has 2 N–H and O–H groups in total. The Morgan fingerprint density at radius 3 is 2.76 bits per heavy atom. The van der Waals surface area contributed by atoms with Gasteiger partial charge in [-0.15, -0.1) is 0 Å². The summed E-state index contributed by atoms with van der Waals surface area (Å²) in [6.45, 7) is 0. The van der Waals surface area contributed by atoms with Gasteiger partial charge in [-0.1, -0.05) is 45.7 Å². The first-order valence-electron chi connectivity index (χ1n) is 7.17. The molecule has 1 aromatic heterocycles. The number of nitrogens with one attached hydrogen (secondary N) is 1. The summed E-state index contributed by atoms with van der Waals surface area (Å²) in [7, 11) is 0. The van der Waals surface area contributed by atoms with Crippen LogP contribution in [0.1, 0.15) is 5.56 Å². The standard InChI is InChI=1S/C17H12BrClN4O2/c18-12-6-7-15(24)11(8-12)9-20-22-14-10-21-23(17(25)16(14)19)13-4-2-1-3-5-13/h1-10,22,24H/b20-9+. The maximum Gasteiger partial charge on any atom is 0.292 e. The first-order valence-corrected chi connectivity index (χ1v) is 8.34. The summed E-state index contributed by atoms with van der Waals surface area (Å²) in [6, 6.07) is 13.9. The second kappa shape index (κ2) is 7.50. The zero-order chi connectivity index (χ0) is 17.8. The van der Waals surface area contributed by atoms with Crippen LogP contribution in [-0.2, 0) is 0 Å². The van der Waals surface area contributed by atoms with Crippen molar-refractivity contribution in [3.05, 3.63) is 80.1 Å². The second-order valence-electron chi connectivity index (χ2n) is 5.00. The molecule has 25 heavy (non-hydrogen) atoms. The molecule has 0 atom stereocenters. The summed E-state index contributed by atoms with van der Waals surface area (Å²) in [6.07, 6.45) is 2.83. The number of rotatable bonds is 4. The molecule has 126 valence electrons. The Balaban J connectivity index is 1.85. The molecule has 0 amide bonds. The molecule has 8 heteroatoms. The van der Waals surface area contributed by atoms with Crippen LogP contribution in [0.2, 0.25) is 5.02 Å². The number of halogens is 2. The Morgan fingerprint density at radius 2 is 2.00 bits per heavy atom. The summed E-state index contributed by atoms with van der Waals surface area (Å²) in [5.74, 6) is 0.0810. The number of hydrogen-bond donors (Lipinski definition) is 2. The smallest absolute Gasteiger partial charge is 0.292 e. The van der Waals surface area contributed by atoms with Crippen LogP contribution >= 0.6 is 27.5 Å². The van der Waals surface area contributed by atoms with Crippen LogP contribution in [0.4, 0.5) is 5.69 Å². The maximum absolute atomic E-state index is 12.4. The average Bonchev–Trinajstić information content (AvgIpc) is 2.62. The molecular weight excluding hydrogens is 408 g/mol. The number of benzene rings is 2. The van der Waals surface area contributed by atoms with E-state index in [0.29, 0.717) is 11.3 Å². The van der Waals surface area contributed by atoms with Gasteiger partial charge in [-0.25, -0.2) is 0 Å². The van der Waals surface area contributed by atoms with Crippen LogP contribution in [0.15, 0.2) is 69.1 Å². The van der Waals surface area contributed by atoms with E-state index in [1.54, 1.807) is 42.5 Å². The number of phenols is 1. The van der Waals surface area contributed by atoms with E-state index in [2.05, 4.69) is 31.6 Å². The molecule has 0 aliphatic carbocycles. The number of nitrogens with zero attached hydrogens (tertiary/aromatic N) is 3. The van der Waals surface area contributed by atoms with E-state index in [9.17, 15) is 9.90 Å². The summed E-state index contributed by atoms with van der Waals surface area (Å²) >= 11 is 9.44. The van der Waals surface area contributed by atoms with Crippen molar-refractivity contribution in [1.82, 2.24) is 9.78 Å². The molecule has 0 saturated heterocycles. The topological polar surface area (TPSA) is 79.5 Å². The van der Waals surface area contributed by atoms with E-state index in [1.165, 1.54) is 17.1 Å². The lowest BCUT2D eigenvalue weighted by Crippen LogP contribution is -2.22. The first-order chi connectivity index (χ1) is 12.1. The van der Waals surface area contributed by atoms with Crippen molar-refractivity contribution < 1.29 is 5.11 Å². The predicted molar refractivity (Wildman–Crippen MR) is 102 cm³/mol. The van der Waals surface area contributed by atoms with Crippen molar-refractivity contribution in [2.45, 2.75) is 0 Å². The zero-order valence-corrected chi connectivity index (χ0v) is 15.1. The quantitative estimate of drug-likeness (QED) is 0.498. The van der Waals surface area contributed by atoms with Crippen LogP contribution in [0, 0.1) is 0 Å². The summed E-state index contributed by atoms with van der Waals surface area (Å²) < 4.78 is 2.01. The van der Waals surface area contributed by atoms with Crippen LogP contribution in [0.5, 0.6) is 5.75 Å². The molecular formula is C17H12BrClN4O2. The Kier molecular flexibility index (Phi) is 5.16. The van der Waals surface area contributed by atoms with Crippen LogP contribution in [0.3, 0.4) is 0 Å². The SMILES string of the molecule is O=c1c(Cl)c(N/N=C/c2cc(Br)ccc2O)cnn1-c1ccccc1. The summed E-state index contributed by atoms with van der Waals surface area (Å²) in [5, 5.41) is 17.8.